The van der Waals surface area contributed by atoms with Crippen molar-refractivity contribution >= 4 is 17.2 Å². The molecular formula is C23H21N3OS. The Morgan fingerprint density at radius 1 is 1.00 bits per heavy atom. The number of nitrogens with one attached hydrogen (secondary N) is 1. The van der Waals surface area contributed by atoms with Crippen LogP contribution in [0.15, 0.2) is 84.5 Å². The second kappa shape index (κ2) is 8.67. The topological polar surface area (TPSA) is 46.9 Å². The van der Waals surface area contributed by atoms with Crippen LogP contribution in [0.25, 0.3) is 11.1 Å². The Balaban J connectivity index is 1.37. The van der Waals surface area contributed by atoms with Crippen LogP contribution in [0.1, 0.15) is 21.1 Å². The lowest BCUT2D eigenvalue weighted by molar-refractivity contribution is 0.0958. The van der Waals surface area contributed by atoms with Gasteiger partial charge in [-0.25, -0.2) is 4.98 Å². The molecule has 2 aromatic heterocycles. The van der Waals surface area contributed by atoms with Gasteiger partial charge in [-0.05, 0) is 22.6 Å². The van der Waals surface area contributed by atoms with Gasteiger partial charge in [0.2, 0.25) is 0 Å². The van der Waals surface area contributed by atoms with Crippen LogP contribution in [0.5, 0.6) is 0 Å². The summed E-state index contributed by atoms with van der Waals surface area (Å²) in [6.07, 6.45) is 4.49. The van der Waals surface area contributed by atoms with Gasteiger partial charge in [-0.2, -0.15) is 0 Å². The smallest absolute Gasteiger partial charge is 0.262 e. The fourth-order valence-electron chi connectivity index (χ4n) is 3.19. The van der Waals surface area contributed by atoms with E-state index in [4.69, 9.17) is 0 Å². The molecule has 0 aliphatic heterocycles. The number of hydrogen-bond acceptors (Lipinski definition) is 3. The van der Waals surface area contributed by atoms with Gasteiger partial charge < -0.3 is 9.88 Å². The summed E-state index contributed by atoms with van der Waals surface area (Å²) in [6, 6.07) is 22.3. The van der Waals surface area contributed by atoms with E-state index >= 15 is 0 Å². The third-order valence-corrected chi connectivity index (χ3v) is 5.50. The fourth-order valence-corrected chi connectivity index (χ4v) is 4.02. The quantitative estimate of drug-likeness (QED) is 0.502. The van der Waals surface area contributed by atoms with Crippen molar-refractivity contribution in [3.8, 4) is 11.1 Å². The molecular weight excluding hydrogens is 366 g/mol. The molecule has 140 valence electrons. The summed E-state index contributed by atoms with van der Waals surface area (Å²) in [5.41, 5.74) is 3.28. The molecule has 0 bridgehead atoms. The van der Waals surface area contributed by atoms with Crippen molar-refractivity contribution in [3.63, 3.8) is 0 Å². The summed E-state index contributed by atoms with van der Waals surface area (Å²) < 4.78 is 2.13. The zero-order valence-corrected chi connectivity index (χ0v) is 16.2. The first-order chi connectivity index (χ1) is 13.8. The lowest BCUT2D eigenvalue weighted by atomic mass is 10.1. The van der Waals surface area contributed by atoms with Crippen molar-refractivity contribution in [2.45, 2.75) is 13.0 Å². The average Bonchev–Trinajstić information content (AvgIpc) is 3.39. The summed E-state index contributed by atoms with van der Waals surface area (Å²) in [6.45, 7) is 1.34. The molecule has 0 saturated carbocycles. The van der Waals surface area contributed by atoms with Crippen LogP contribution in [-0.4, -0.2) is 22.0 Å². The lowest BCUT2D eigenvalue weighted by Crippen LogP contribution is -2.26. The number of amides is 1. The second-order valence-electron chi connectivity index (χ2n) is 6.49. The summed E-state index contributed by atoms with van der Waals surface area (Å²) >= 11 is 1.47. The molecule has 1 N–H and O–H groups in total. The summed E-state index contributed by atoms with van der Waals surface area (Å²) in [5.74, 6) is 0.939. The molecule has 0 radical (unpaired) electrons. The predicted molar refractivity (Wildman–Crippen MR) is 114 cm³/mol. The van der Waals surface area contributed by atoms with Gasteiger partial charge in [-0.3, -0.25) is 4.79 Å². The van der Waals surface area contributed by atoms with Crippen LogP contribution < -0.4 is 5.32 Å². The maximum absolute atomic E-state index is 12.7. The zero-order chi connectivity index (χ0) is 19.2. The standard InChI is InChI=1S/C23H21N3OS/c27-23(22-20(12-16-28-22)19-9-5-2-6-10-19)25-13-11-21-24-14-15-26(21)17-18-7-3-1-4-8-18/h1-10,12,14-16H,11,13,17H2,(H,25,27). The fraction of sp³-hybridized carbons (Fsp3) is 0.130. The van der Waals surface area contributed by atoms with Gasteiger partial charge in [0.25, 0.3) is 5.91 Å². The van der Waals surface area contributed by atoms with E-state index in [-0.39, 0.29) is 5.91 Å². The maximum Gasteiger partial charge on any atom is 0.262 e. The molecule has 28 heavy (non-hydrogen) atoms. The molecule has 4 rings (SSSR count). The van der Waals surface area contributed by atoms with Crippen molar-refractivity contribution < 1.29 is 4.79 Å². The number of carbonyl (C=O) groups is 1. The number of benzene rings is 2. The van der Waals surface area contributed by atoms with Gasteiger partial charge in [-0.1, -0.05) is 60.7 Å². The lowest BCUT2D eigenvalue weighted by Gasteiger charge is -2.09. The van der Waals surface area contributed by atoms with Crippen molar-refractivity contribution in [1.29, 1.82) is 0 Å². The minimum atomic E-state index is -0.0324. The van der Waals surface area contributed by atoms with Crippen molar-refractivity contribution in [3.05, 3.63) is 101 Å². The Morgan fingerprint density at radius 2 is 1.75 bits per heavy atom. The van der Waals surface area contributed by atoms with E-state index in [2.05, 4.69) is 27.0 Å². The Hall–Kier alpha value is -3.18. The molecule has 0 atom stereocenters. The summed E-state index contributed by atoms with van der Waals surface area (Å²) in [7, 11) is 0. The predicted octanol–water partition coefficient (Wildman–Crippen LogP) is 4.63. The number of aromatic nitrogens is 2. The van der Waals surface area contributed by atoms with Crippen LogP contribution in [0, 0.1) is 0 Å². The molecule has 0 fully saturated rings. The van der Waals surface area contributed by atoms with E-state index in [1.165, 1.54) is 16.9 Å². The van der Waals surface area contributed by atoms with E-state index in [1.54, 1.807) is 0 Å². The highest BCUT2D eigenvalue weighted by Gasteiger charge is 2.14. The molecule has 0 spiro atoms. The van der Waals surface area contributed by atoms with Gasteiger partial charge in [-0.15, -0.1) is 11.3 Å². The van der Waals surface area contributed by atoms with E-state index in [0.717, 1.165) is 28.4 Å². The van der Waals surface area contributed by atoms with E-state index < -0.39 is 0 Å². The first-order valence-electron chi connectivity index (χ1n) is 9.26. The third-order valence-electron chi connectivity index (χ3n) is 4.59. The molecule has 2 aromatic carbocycles. The van der Waals surface area contributed by atoms with Gasteiger partial charge in [0.1, 0.15) is 5.82 Å². The highest BCUT2D eigenvalue weighted by molar-refractivity contribution is 7.12. The van der Waals surface area contributed by atoms with Crippen molar-refractivity contribution in [1.82, 2.24) is 14.9 Å². The first kappa shape index (κ1) is 18.2. The number of thiophene rings is 1. The normalized spacial score (nSPS) is 10.7. The highest BCUT2D eigenvalue weighted by Crippen LogP contribution is 2.28. The van der Waals surface area contributed by atoms with Crippen molar-refractivity contribution in [2.75, 3.05) is 6.54 Å². The Morgan fingerprint density at radius 3 is 2.54 bits per heavy atom. The van der Waals surface area contributed by atoms with E-state index in [1.807, 2.05) is 72.4 Å². The van der Waals surface area contributed by atoms with Gasteiger partial charge in [0.05, 0.1) is 4.88 Å². The Labute approximate surface area is 168 Å². The summed E-state index contributed by atoms with van der Waals surface area (Å²) in [4.78, 5) is 17.9. The molecule has 4 nitrogen and oxygen atoms in total. The molecule has 0 unspecified atom stereocenters. The largest absolute Gasteiger partial charge is 0.351 e. The van der Waals surface area contributed by atoms with E-state index in [9.17, 15) is 4.79 Å². The SMILES string of the molecule is O=C(NCCc1nccn1Cc1ccccc1)c1sccc1-c1ccccc1. The van der Waals surface area contributed by atoms with Crippen LogP contribution >= 0.6 is 11.3 Å². The molecule has 0 saturated heterocycles. The first-order valence-corrected chi connectivity index (χ1v) is 10.1. The molecule has 5 heteroatoms. The van der Waals surface area contributed by atoms with Crippen LogP contribution in [0.4, 0.5) is 0 Å². The second-order valence-corrected chi connectivity index (χ2v) is 7.41. The number of rotatable bonds is 7. The number of imidazole rings is 1. The highest BCUT2D eigenvalue weighted by atomic mass is 32.1. The molecule has 0 aliphatic carbocycles. The Bertz CT molecular complexity index is 1040. The minimum absolute atomic E-state index is 0.0324. The van der Waals surface area contributed by atoms with Crippen LogP contribution in [0.3, 0.4) is 0 Å². The summed E-state index contributed by atoms with van der Waals surface area (Å²) in [5, 5.41) is 5.00. The molecule has 1 amide bonds. The molecule has 4 aromatic rings. The van der Waals surface area contributed by atoms with Gasteiger partial charge >= 0.3 is 0 Å². The number of nitrogens with zero attached hydrogens (tertiary/aromatic N) is 2. The van der Waals surface area contributed by atoms with Crippen LogP contribution in [0.2, 0.25) is 0 Å². The molecule has 2 heterocycles. The third kappa shape index (κ3) is 4.21. The Kier molecular flexibility index (Phi) is 5.64. The van der Waals surface area contributed by atoms with Crippen molar-refractivity contribution in [2.24, 2.45) is 0 Å². The number of carbonyl (C=O) groups excluding carboxylic acids is 1. The van der Waals surface area contributed by atoms with E-state index in [0.29, 0.717) is 13.0 Å². The minimum Gasteiger partial charge on any atom is -0.351 e. The monoisotopic (exact) mass is 387 g/mol. The number of hydrogen-bond donors (Lipinski definition) is 1. The van der Waals surface area contributed by atoms with Gasteiger partial charge in [0, 0.05) is 37.5 Å². The van der Waals surface area contributed by atoms with Crippen LogP contribution in [-0.2, 0) is 13.0 Å². The van der Waals surface area contributed by atoms with Gasteiger partial charge in [0.15, 0.2) is 0 Å². The average molecular weight is 388 g/mol. The maximum atomic E-state index is 12.7. The molecule has 0 aliphatic rings. The zero-order valence-electron chi connectivity index (χ0n) is 15.4.